The second-order valence-corrected chi connectivity index (χ2v) is 3.96. The zero-order valence-corrected chi connectivity index (χ0v) is 10.0. The molecule has 0 unspecified atom stereocenters. The average Bonchev–Trinajstić information content (AvgIpc) is 2.31. The first-order valence-corrected chi connectivity index (χ1v) is 5.42. The van der Waals surface area contributed by atoms with Gasteiger partial charge in [0.15, 0.2) is 5.75 Å². The number of rotatable bonds is 3. The van der Waals surface area contributed by atoms with Gasteiger partial charge in [-0.05, 0) is 12.1 Å². The molecule has 4 N–H and O–H groups in total. The number of pyridine rings is 1. The van der Waals surface area contributed by atoms with Crippen molar-refractivity contribution in [3.63, 3.8) is 0 Å². The molecule has 0 aliphatic carbocycles. The molecule has 1 heterocycles. The van der Waals surface area contributed by atoms with Crippen molar-refractivity contribution in [2.45, 2.75) is 0 Å². The van der Waals surface area contributed by atoms with Crippen LogP contribution in [0.2, 0.25) is 5.02 Å². The van der Waals surface area contributed by atoms with E-state index >= 15 is 0 Å². The fraction of sp³-hybridized carbons (Fsp3) is 0. The summed E-state index contributed by atoms with van der Waals surface area (Å²) in [5, 5.41) is 0.442. The molecule has 0 saturated heterocycles. The van der Waals surface area contributed by atoms with E-state index in [0.29, 0.717) is 16.5 Å². The minimum atomic E-state index is -0.609. The molecule has 0 atom stereocenters. The molecule has 6 heteroatoms. The molecule has 0 fully saturated rings. The molecule has 0 aliphatic rings. The van der Waals surface area contributed by atoms with E-state index < -0.39 is 5.91 Å². The number of nitrogens with zero attached hydrogens (tertiary/aromatic N) is 1. The minimum absolute atomic E-state index is 0.185. The number of carbonyl (C=O) groups excluding carboxylic acids is 1. The fourth-order valence-corrected chi connectivity index (χ4v) is 1.59. The predicted molar refractivity (Wildman–Crippen MR) is 68.7 cm³/mol. The van der Waals surface area contributed by atoms with Crippen molar-refractivity contribution >= 4 is 23.2 Å². The highest BCUT2D eigenvalue weighted by Crippen LogP contribution is 2.30. The number of benzene rings is 1. The summed E-state index contributed by atoms with van der Waals surface area (Å²) >= 11 is 5.78. The second-order valence-electron chi connectivity index (χ2n) is 3.52. The predicted octanol–water partition coefficient (Wildman–Crippen LogP) is 2.21. The third-order valence-corrected chi connectivity index (χ3v) is 2.45. The largest absolute Gasteiger partial charge is 0.454 e. The molecule has 2 aromatic rings. The van der Waals surface area contributed by atoms with Crippen LogP contribution >= 0.6 is 11.6 Å². The van der Waals surface area contributed by atoms with Crippen LogP contribution in [0, 0.1) is 0 Å². The van der Waals surface area contributed by atoms with Gasteiger partial charge >= 0.3 is 0 Å². The quantitative estimate of drug-likeness (QED) is 0.831. The standard InChI is InChI=1S/C12H10ClN3O2/c13-7-4-8(6-16-5-7)18-10-3-1-2-9(11(10)14)12(15)17/h1-6H,14H2,(H2,15,17). The number of nitrogens with two attached hydrogens (primary N) is 2. The third-order valence-electron chi connectivity index (χ3n) is 2.24. The lowest BCUT2D eigenvalue weighted by molar-refractivity contribution is 0.100. The van der Waals surface area contributed by atoms with E-state index in [1.165, 1.54) is 18.5 Å². The number of para-hydroxylation sites is 1. The summed E-state index contributed by atoms with van der Waals surface area (Å²) in [6.07, 6.45) is 2.97. The lowest BCUT2D eigenvalue weighted by Crippen LogP contribution is -2.13. The van der Waals surface area contributed by atoms with Crippen molar-refractivity contribution in [1.29, 1.82) is 0 Å². The van der Waals surface area contributed by atoms with Gasteiger partial charge in [-0.1, -0.05) is 17.7 Å². The molecular formula is C12H10ClN3O2. The number of ether oxygens (including phenoxy) is 1. The second kappa shape index (κ2) is 4.93. The summed E-state index contributed by atoms with van der Waals surface area (Å²) < 4.78 is 5.50. The lowest BCUT2D eigenvalue weighted by atomic mass is 10.1. The Labute approximate surface area is 108 Å². The Bertz CT molecular complexity index is 602. The van der Waals surface area contributed by atoms with Gasteiger partial charge in [-0.2, -0.15) is 0 Å². The molecule has 1 aromatic heterocycles. The molecule has 2 rings (SSSR count). The van der Waals surface area contributed by atoms with Crippen LogP contribution in [0.1, 0.15) is 10.4 Å². The van der Waals surface area contributed by atoms with Crippen molar-refractivity contribution in [2.24, 2.45) is 5.73 Å². The van der Waals surface area contributed by atoms with Crippen LogP contribution in [-0.2, 0) is 0 Å². The van der Waals surface area contributed by atoms with Gasteiger partial charge in [-0.3, -0.25) is 9.78 Å². The smallest absolute Gasteiger partial charge is 0.250 e. The number of nitrogen functional groups attached to an aromatic ring is 1. The van der Waals surface area contributed by atoms with E-state index in [0.717, 1.165) is 0 Å². The Morgan fingerprint density at radius 3 is 2.78 bits per heavy atom. The Kier molecular flexibility index (Phi) is 3.34. The number of aromatic nitrogens is 1. The van der Waals surface area contributed by atoms with Crippen molar-refractivity contribution in [1.82, 2.24) is 4.98 Å². The minimum Gasteiger partial charge on any atom is -0.454 e. The number of hydrogen-bond donors (Lipinski definition) is 2. The van der Waals surface area contributed by atoms with E-state index in [-0.39, 0.29) is 11.3 Å². The van der Waals surface area contributed by atoms with E-state index in [2.05, 4.69) is 4.98 Å². The highest BCUT2D eigenvalue weighted by Gasteiger charge is 2.11. The first kappa shape index (κ1) is 12.2. The number of hydrogen-bond acceptors (Lipinski definition) is 4. The maximum absolute atomic E-state index is 11.1. The first-order chi connectivity index (χ1) is 8.58. The van der Waals surface area contributed by atoms with Crippen LogP contribution in [0.4, 0.5) is 5.69 Å². The maximum atomic E-state index is 11.1. The van der Waals surface area contributed by atoms with Crippen molar-refractivity contribution in [3.05, 3.63) is 47.2 Å². The van der Waals surface area contributed by atoms with Gasteiger partial charge in [0.2, 0.25) is 0 Å². The summed E-state index contributed by atoms with van der Waals surface area (Å²) in [6, 6.07) is 6.37. The highest BCUT2D eigenvalue weighted by atomic mass is 35.5. The molecule has 0 aliphatic heterocycles. The van der Waals surface area contributed by atoms with Gasteiger partial charge < -0.3 is 16.2 Å². The average molecular weight is 264 g/mol. The van der Waals surface area contributed by atoms with Gasteiger partial charge in [0.05, 0.1) is 22.5 Å². The van der Waals surface area contributed by atoms with Crippen molar-refractivity contribution in [2.75, 3.05) is 5.73 Å². The van der Waals surface area contributed by atoms with Crippen molar-refractivity contribution in [3.8, 4) is 11.5 Å². The Balaban J connectivity index is 2.35. The summed E-state index contributed by atoms with van der Waals surface area (Å²) in [7, 11) is 0. The molecule has 92 valence electrons. The monoisotopic (exact) mass is 263 g/mol. The Morgan fingerprint density at radius 1 is 1.33 bits per heavy atom. The molecular weight excluding hydrogens is 254 g/mol. The number of amides is 1. The van der Waals surface area contributed by atoms with Gasteiger partial charge in [0, 0.05) is 12.3 Å². The van der Waals surface area contributed by atoms with Crippen LogP contribution in [0.3, 0.4) is 0 Å². The van der Waals surface area contributed by atoms with Gasteiger partial charge in [0.1, 0.15) is 5.75 Å². The van der Waals surface area contributed by atoms with Gasteiger partial charge in [0.25, 0.3) is 5.91 Å². The molecule has 0 saturated carbocycles. The SMILES string of the molecule is NC(=O)c1cccc(Oc2cncc(Cl)c2)c1N. The summed E-state index contributed by atoms with van der Waals surface area (Å²) in [5.74, 6) is 0.147. The summed E-state index contributed by atoms with van der Waals surface area (Å²) in [4.78, 5) is 15.0. The van der Waals surface area contributed by atoms with Gasteiger partial charge in [-0.25, -0.2) is 0 Å². The van der Waals surface area contributed by atoms with Gasteiger partial charge in [-0.15, -0.1) is 0 Å². The molecule has 1 amide bonds. The third kappa shape index (κ3) is 2.52. The topological polar surface area (TPSA) is 91.2 Å². The molecule has 18 heavy (non-hydrogen) atoms. The van der Waals surface area contributed by atoms with Crippen LogP contribution in [0.5, 0.6) is 11.5 Å². The Hall–Kier alpha value is -2.27. The molecule has 0 spiro atoms. The normalized spacial score (nSPS) is 10.1. The lowest BCUT2D eigenvalue weighted by Gasteiger charge is -2.10. The van der Waals surface area contributed by atoms with Crippen LogP contribution < -0.4 is 16.2 Å². The molecule has 0 radical (unpaired) electrons. The number of carbonyl (C=O) groups is 1. The zero-order chi connectivity index (χ0) is 13.1. The summed E-state index contributed by atoms with van der Waals surface area (Å²) in [5.41, 5.74) is 11.4. The molecule has 5 nitrogen and oxygen atoms in total. The number of anilines is 1. The van der Waals surface area contributed by atoms with E-state index in [9.17, 15) is 4.79 Å². The molecule has 0 bridgehead atoms. The zero-order valence-electron chi connectivity index (χ0n) is 9.26. The van der Waals surface area contributed by atoms with Crippen LogP contribution in [0.15, 0.2) is 36.7 Å². The van der Waals surface area contributed by atoms with E-state index in [4.69, 9.17) is 27.8 Å². The fourth-order valence-electron chi connectivity index (χ4n) is 1.42. The van der Waals surface area contributed by atoms with E-state index in [1.54, 1.807) is 18.2 Å². The van der Waals surface area contributed by atoms with Crippen molar-refractivity contribution < 1.29 is 9.53 Å². The van der Waals surface area contributed by atoms with Crippen LogP contribution in [0.25, 0.3) is 0 Å². The molecule has 1 aromatic carbocycles. The Morgan fingerprint density at radius 2 is 2.11 bits per heavy atom. The number of primary amides is 1. The number of halogens is 1. The first-order valence-electron chi connectivity index (χ1n) is 5.04. The maximum Gasteiger partial charge on any atom is 0.250 e. The van der Waals surface area contributed by atoms with Crippen LogP contribution in [-0.4, -0.2) is 10.9 Å². The highest BCUT2D eigenvalue weighted by molar-refractivity contribution is 6.30. The summed E-state index contributed by atoms with van der Waals surface area (Å²) in [6.45, 7) is 0. The van der Waals surface area contributed by atoms with E-state index in [1.807, 2.05) is 0 Å².